The van der Waals surface area contributed by atoms with Gasteiger partial charge in [0, 0.05) is 17.9 Å². The predicted octanol–water partition coefficient (Wildman–Crippen LogP) is 4.78. The molecule has 4 nitrogen and oxygen atoms in total. The Balaban J connectivity index is 1.66. The monoisotopic (exact) mass is 360 g/mol. The van der Waals surface area contributed by atoms with Gasteiger partial charge in [-0.1, -0.05) is 54.2 Å². The zero-order valence-electron chi connectivity index (χ0n) is 14.9. The van der Waals surface area contributed by atoms with Crippen molar-refractivity contribution in [2.75, 3.05) is 0 Å². The molecular weight excluding hydrogens is 340 g/mol. The second kappa shape index (κ2) is 7.30. The van der Waals surface area contributed by atoms with E-state index in [4.69, 9.17) is 4.98 Å². The van der Waals surface area contributed by atoms with Crippen LogP contribution in [0.2, 0.25) is 0 Å². The van der Waals surface area contributed by atoms with Crippen LogP contribution in [0.3, 0.4) is 0 Å². The van der Waals surface area contributed by atoms with Gasteiger partial charge >= 0.3 is 0 Å². The van der Waals surface area contributed by atoms with Crippen LogP contribution in [0.15, 0.2) is 65.8 Å². The van der Waals surface area contributed by atoms with Gasteiger partial charge in [-0.25, -0.2) is 15.0 Å². The Morgan fingerprint density at radius 3 is 2.31 bits per heavy atom. The van der Waals surface area contributed by atoms with Crippen LogP contribution in [-0.4, -0.2) is 19.5 Å². The quantitative estimate of drug-likeness (QED) is 0.379. The molecule has 0 fully saturated rings. The highest BCUT2D eigenvalue weighted by Gasteiger charge is 2.12. The van der Waals surface area contributed by atoms with Gasteiger partial charge in [-0.15, -0.1) is 0 Å². The van der Waals surface area contributed by atoms with Crippen LogP contribution in [-0.2, 0) is 12.3 Å². The van der Waals surface area contributed by atoms with Crippen molar-refractivity contribution in [3.8, 4) is 0 Å². The number of fused-ring (bicyclic) bond motifs is 1. The van der Waals surface area contributed by atoms with E-state index >= 15 is 0 Å². The number of nitrogens with zero attached hydrogens (tertiary/aromatic N) is 4. The first-order chi connectivity index (χ1) is 12.7. The van der Waals surface area contributed by atoms with Crippen molar-refractivity contribution in [2.45, 2.75) is 31.3 Å². The molecule has 0 saturated heterocycles. The molecule has 0 radical (unpaired) electrons. The van der Waals surface area contributed by atoms with Gasteiger partial charge in [-0.3, -0.25) is 0 Å². The van der Waals surface area contributed by atoms with E-state index < -0.39 is 0 Å². The highest BCUT2D eigenvalue weighted by atomic mass is 32.2. The summed E-state index contributed by atoms with van der Waals surface area (Å²) in [5, 5.41) is 0.806. The summed E-state index contributed by atoms with van der Waals surface area (Å²) >= 11 is 1.64. The molecule has 0 aliphatic heterocycles. The van der Waals surface area contributed by atoms with Gasteiger partial charge in [0.05, 0.1) is 16.8 Å². The molecule has 0 N–H and O–H groups in total. The highest BCUT2D eigenvalue weighted by Crippen LogP contribution is 2.24. The third-order valence-electron chi connectivity index (χ3n) is 4.21. The first-order valence-electron chi connectivity index (χ1n) is 8.62. The normalized spacial score (nSPS) is 11.2. The predicted molar refractivity (Wildman–Crippen MR) is 106 cm³/mol. The molecule has 0 aliphatic rings. The molecular formula is C21H20N4S. The van der Waals surface area contributed by atoms with Crippen LogP contribution in [0.1, 0.15) is 22.8 Å². The van der Waals surface area contributed by atoms with Crippen molar-refractivity contribution in [2.24, 2.45) is 0 Å². The molecule has 0 atom stereocenters. The minimum Gasteiger partial charge on any atom is -0.323 e. The number of benzene rings is 2. The second-order valence-electron chi connectivity index (χ2n) is 6.31. The van der Waals surface area contributed by atoms with Crippen LogP contribution in [0.25, 0.3) is 11.0 Å². The molecule has 130 valence electrons. The molecule has 4 rings (SSSR count). The number of aryl methyl sites for hydroxylation is 2. The minimum atomic E-state index is 0.740. The molecule has 2 aromatic heterocycles. The maximum Gasteiger partial charge on any atom is 0.188 e. The number of thioether (sulfide) groups is 1. The van der Waals surface area contributed by atoms with E-state index in [0.29, 0.717) is 0 Å². The van der Waals surface area contributed by atoms with Gasteiger partial charge < -0.3 is 4.57 Å². The molecule has 0 spiro atoms. The van der Waals surface area contributed by atoms with Crippen LogP contribution >= 0.6 is 11.8 Å². The standard InChI is InChI=1S/C21H20N4S/c1-15-12-16(2)23-21(22-15)26-14-20-24-18-10-6-7-11-19(18)25(20)13-17-8-4-3-5-9-17/h3-12H,13-14H2,1-2H3. The van der Waals surface area contributed by atoms with Crippen LogP contribution in [0.4, 0.5) is 0 Å². The molecule has 0 bridgehead atoms. The second-order valence-corrected chi connectivity index (χ2v) is 7.25. The zero-order valence-corrected chi connectivity index (χ0v) is 15.7. The van der Waals surface area contributed by atoms with E-state index in [1.165, 1.54) is 5.56 Å². The maximum atomic E-state index is 4.86. The molecule has 2 heterocycles. The SMILES string of the molecule is Cc1cc(C)nc(SCc2nc3ccccc3n2Cc2ccccc2)n1. The Hall–Kier alpha value is -2.66. The number of rotatable bonds is 5. The average Bonchev–Trinajstić information content (AvgIpc) is 2.98. The molecule has 5 heteroatoms. The van der Waals surface area contributed by atoms with Gasteiger partial charge in [0.2, 0.25) is 0 Å². The first-order valence-corrected chi connectivity index (χ1v) is 9.61. The Bertz CT molecular complexity index is 1020. The molecule has 2 aromatic carbocycles. The van der Waals surface area contributed by atoms with Crippen molar-refractivity contribution in [3.63, 3.8) is 0 Å². The van der Waals surface area contributed by atoms with E-state index in [1.807, 2.05) is 32.0 Å². The number of para-hydroxylation sites is 2. The van der Waals surface area contributed by atoms with Crippen molar-refractivity contribution in [1.82, 2.24) is 19.5 Å². The first kappa shape index (κ1) is 16.8. The van der Waals surface area contributed by atoms with Crippen LogP contribution in [0, 0.1) is 13.8 Å². The average molecular weight is 360 g/mol. The van der Waals surface area contributed by atoms with Crippen molar-refractivity contribution >= 4 is 22.8 Å². The minimum absolute atomic E-state index is 0.740. The lowest BCUT2D eigenvalue weighted by Crippen LogP contribution is -2.04. The Morgan fingerprint density at radius 2 is 1.54 bits per heavy atom. The summed E-state index contributed by atoms with van der Waals surface area (Å²) in [5.41, 5.74) is 5.45. The number of hydrogen-bond donors (Lipinski definition) is 0. The summed E-state index contributed by atoms with van der Waals surface area (Å²) in [6.07, 6.45) is 0. The van der Waals surface area contributed by atoms with Gasteiger partial charge in [0.25, 0.3) is 0 Å². The van der Waals surface area contributed by atoms with Crippen molar-refractivity contribution in [3.05, 3.63) is 83.4 Å². The largest absolute Gasteiger partial charge is 0.323 e. The smallest absolute Gasteiger partial charge is 0.188 e. The molecule has 0 amide bonds. The fourth-order valence-electron chi connectivity index (χ4n) is 3.07. The van der Waals surface area contributed by atoms with Crippen LogP contribution < -0.4 is 0 Å². The fraction of sp³-hybridized carbons (Fsp3) is 0.190. The Kier molecular flexibility index (Phi) is 4.71. The summed E-state index contributed by atoms with van der Waals surface area (Å²) in [5.74, 6) is 1.78. The lowest BCUT2D eigenvalue weighted by molar-refractivity contribution is 0.779. The summed E-state index contributed by atoms with van der Waals surface area (Å²) in [7, 11) is 0. The number of imidazole rings is 1. The van der Waals surface area contributed by atoms with E-state index in [-0.39, 0.29) is 0 Å². The van der Waals surface area contributed by atoms with E-state index in [0.717, 1.165) is 45.7 Å². The van der Waals surface area contributed by atoms with Crippen LogP contribution in [0.5, 0.6) is 0 Å². The van der Waals surface area contributed by atoms with Crippen molar-refractivity contribution < 1.29 is 0 Å². The maximum absolute atomic E-state index is 4.86. The fourth-order valence-corrected chi connectivity index (χ4v) is 3.96. The van der Waals surface area contributed by atoms with Gasteiger partial charge in [0.1, 0.15) is 5.82 Å². The Morgan fingerprint density at radius 1 is 0.846 bits per heavy atom. The summed E-state index contributed by atoms with van der Waals surface area (Å²) in [6.45, 7) is 4.82. The van der Waals surface area contributed by atoms with E-state index in [1.54, 1.807) is 11.8 Å². The topological polar surface area (TPSA) is 43.6 Å². The van der Waals surface area contributed by atoms with E-state index in [9.17, 15) is 0 Å². The molecule has 4 aromatic rings. The molecule has 0 saturated carbocycles. The van der Waals surface area contributed by atoms with Gasteiger partial charge in [-0.2, -0.15) is 0 Å². The molecule has 0 unspecified atom stereocenters. The van der Waals surface area contributed by atoms with E-state index in [2.05, 4.69) is 57.0 Å². The summed E-state index contributed by atoms with van der Waals surface area (Å²) in [4.78, 5) is 13.9. The summed E-state index contributed by atoms with van der Waals surface area (Å²) in [6, 6.07) is 20.8. The summed E-state index contributed by atoms with van der Waals surface area (Å²) < 4.78 is 2.29. The zero-order chi connectivity index (χ0) is 17.9. The molecule has 26 heavy (non-hydrogen) atoms. The highest BCUT2D eigenvalue weighted by molar-refractivity contribution is 7.98. The molecule has 0 aliphatic carbocycles. The third-order valence-corrected chi connectivity index (χ3v) is 5.05. The lowest BCUT2D eigenvalue weighted by atomic mass is 10.2. The van der Waals surface area contributed by atoms with Crippen molar-refractivity contribution in [1.29, 1.82) is 0 Å². The lowest BCUT2D eigenvalue weighted by Gasteiger charge is -2.09. The third kappa shape index (κ3) is 3.63. The van der Waals surface area contributed by atoms with Gasteiger partial charge in [0.15, 0.2) is 5.16 Å². The number of hydrogen-bond acceptors (Lipinski definition) is 4. The number of aromatic nitrogens is 4. The van der Waals surface area contributed by atoms with Gasteiger partial charge in [-0.05, 0) is 37.6 Å². The Labute approximate surface area is 157 Å².